The van der Waals surface area contributed by atoms with Crippen LogP contribution in [0.2, 0.25) is 0 Å². The maximum atomic E-state index is 12.8. The second-order valence-corrected chi connectivity index (χ2v) is 5.52. The number of amides is 1. The quantitative estimate of drug-likeness (QED) is 0.803. The molecular formula is C15H26N2O2. The molecule has 1 rings (SSSR count). The molecule has 0 saturated carbocycles. The molecule has 0 radical (unpaired) electrons. The zero-order valence-corrected chi connectivity index (χ0v) is 12.2. The van der Waals surface area contributed by atoms with Crippen molar-refractivity contribution >= 4 is 5.91 Å². The minimum absolute atomic E-state index is 0.00545. The van der Waals surface area contributed by atoms with Gasteiger partial charge in [-0.3, -0.25) is 4.79 Å². The standard InChI is InChI=1S/C15H26N2O2/c1-3-8-15(12-16,9-4-2)14(19)17-10-6-5-7-13(17)11-18/h13,18H,3-11H2,1-2H3. The molecule has 1 heterocycles. The Morgan fingerprint density at radius 2 is 2.00 bits per heavy atom. The summed E-state index contributed by atoms with van der Waals surface area (Å²) in [6, 6.07) is 2.19. The summed E-state index contributed by atoms with van der Waals surface area (Å²) in [5, 5.41) is 19.0. The molecule has 0 aromatic heterocycles. The van der Waals surface area contributed by atoms with Crippen LogP contribution in [0, 0.1) is 16.7 Å². The van der Waals surface area contributed by atoms with E-state index in [1.54, 1.807) is 4.90 Å². The van der Waals surface area contributed by atoms with E-state index < -0.39 is 5.41 Å². The molecule has 1 aliphatic rings. The van der Waals surface area contributed by atoms with E-state index in [1.807, 2.05) is 13.8 Å². The number of rotatable bonds is 6. The van der Waals surface area contributed by atoms with Gasteiger partial charge in [0.25, 0.3) is 0 Å². The van der Waals surface area contributed by atoms with Crippen LogP contribution in [0.4, 0.5) is 0 Å². The van der Waals surface area contributed by atoms with Crippen LogP contribution in [0.25, 0.3) is 0 Å². The Morgan fingerprint density at radius 1 is 1.37 bits per heavy atom. The molecule has 4 nitrogen and oxygen atoms in total. The van der Waals surface area contributed by atoms with E-state index in [4.69, 9.17) is 0 Å². The molecule has 0 aromatic carbocycles. The summed E-state index contributed by atoms with van der Waals surface area (Å²) in [5.41, 5.74) is -0.881. The number of hydrogen-bond acceptors (Lipinski definition) is 3. The Kier molecular flexibility index (Phi) is 6.30. The van der Waals surface area contributed by atoms with Gasteiger partial charge >= 0.3 is 0 Å². The average molecular weight is 266 g/mol. The van der Waals surface area contributed by atoms with Crippen LogP contribution in [0.5, 0.6) is 0 Å². The molecule has 0 aromatic rings. The highest BCUT2D eigenvalue weighted by atomic mass is 16.3. The van der Waals surface area contributed by atoms with E-state index in [1.165, 1.54) is 0 Å². The summed E-state index contributed by atoms with van der Waals surface area (Å²) in [6.07, 6.45) is 5.77. The molecule has 0 spiro atoms. The Hall–Kier alpha value is -1.08. The van der Waals surface area contributed by atoms with Crippen molar-refractivity contribution in [1.82, 2.24) is 4.90 Å². The fourth-order valence-corrected chi connectivity index (χ4v) is 3.08. The number of hydrogen-bond donors (Lipinski definition) is 1. The van der Waals surface area contributed by atoms with E-state index in [-0.39, 0.29) is 18.6 Å². The molecular weight excluding hydrogens is 240 g/mol. The van der Waals surface area contributed by atoms with Crippen molar-refractivity contribution in [2.75, 3.05) is 13.2 Å². The van der Waals surface area contributed by atoms with Gasteiger partial charge < -0.3 is 10.0 Å². The van der Waals surface area contributed by atoms with Gasteiger partial charge in [0.15, 0.2) is 0 Å². The summed E-state index contributed by atoms with van der Waals surface area (Å²) >= 11 is 0. The molecule has 0 bridgehead atoms. The van der Waals surface area contributed by atoms with Gasteiger partial charge in [0.1, 0.15) is 5.41 Å². The predicted molar refractivity (Wildman–Crippen MR) is 74.3 cm³/mol. The van der Waals surface area contributed by atoms with Crippen molar-refractivity contribution < 1.29 is 9.90 Å². The summed E-state index contributed by atoms with van der Waals surface area (Å²) in [7, 11) is 0. The van der Waals surface area contributed by atoms with Crippen LogP contribution in [-0.4, -0.2) is 35.1 Å². The van der Waals surface area contributed by atoms with Crippen LogP contribution >= 0.6 is 0 Å². The summed E-state index contributed by atoms with van der Waals surface area (Å²) < 4.78 is 0. The number of carbonyl (C=O) groups excluding carboxylic acids is 1. The van der Waals surface area contributed by atoms with Gasteiger partial charge in [0, 0.05) is 6.54 Å². The van der Waals surface area contributed by atoms with Crippen LogP contribution in [0.15, 0.2) is 0 Å². The Balaban J connectivity index is 2.94. The third-order valence-electron chi connectivity index (χ3n) is 4.08. The molecule has 1 amide bonds. The largest absolute Gasteiger partial charge is 0.394 e. The highest BCUT2D eigenvalue weighted by Crippen LogP contribution is 2.33. The minimum Gasteiger partial charge on any atom is -0.394 e. The third kappa shape index (κ3) is 3.48. The summed E-state index contributed by atoms with van der Waals surface area (Å²) in [4.78, 5) is 14.6. The van der Waals surface area contributed by atoms with Crippen molar-refractivity contribution in [3.05, 3.63) is 0 Å². The van der Waals surface area contributed by atoms with Gasteiger partial charge in [-0.2, -0.15) is 5.26 Å². The Morgan fingerprint density at radius 3 is 2.47 bits per heavy atom. The van der Waals surface area contributed by atoms with E-state index >= 15 is 0 Å². The SMILES string of the molecule is CCCC(C#N)(CCC)C(=O)N1CCCCC1CO. The monoisotopic (exact) mass is 266 g/mol. The molecule has 1 unspecified atom stereocenters. The van der Waals surface area contributed by atoms with Crippen molar-refractivity contribution in [2.24, 2.45) is 5.41 Å². The van der Waals surface area contributed by atoms with Crippen LogP contribution in [-0.2, 0) is 4.79 Å². The first kappa shape index (κ1) is 16.0. The highest BCUT2D eigenvalue weighted by Gasteiger charge is 2.42. The second-order valence-electron chi connectivity index (χ2n) is 5.52. The van der Waals surface area contributed by atoms with Gasteiger partial charge in [-0.05, 0) is 32.1 Å². The van der Waals surface area contributed by atoms with Crippen LogP contribution in [0.3, 0.4) is 0 Å². The van der Waals surface area contributed by atoms with Gasteiger partial charge in [-0.25, -0.2) is 0 Å². The fraction of sp³-hybridized carbons (Fsp3) is 0.867. The number of nitriles is 1. The molecule has 1 N–H and O–H groups in total. The molecule has 0 aliphatic carbocycles. The summed E-state index contributed by atoms with van der Waals surface area (Å²) in [5.74, 6) is -0.0579. The van der Waals surface area contributed by atoms with Crippen molar-refractivity contribution in [2.45, 2.75) is 64.8 Å². The summed E-state index contributed by atoms with van der Waals surface area (Å²) in [6.45, 7) is 4.70. The first-order valence-electron chi connectivity index (χ1n) is 7.48. The minimum atomic E-state index is -0.881. The van der Waals surface area contributed by atoms with E-state index in [0.717, 1.165) is 32.1 Å². The third-order valence-corrected chi connectivity index (χ3v) is 4.08. The first-order valence-corrected chi connectivity index (χ1v) is 7.48. The maximum Gasteiger partial charge on any atom is 0.243 e. The van der Waals surface area contributed by atoms with E-state index in [2.05, 4.69) is 6.07 Å². The molecule has 108 valence electrons. The fourth-order valence-electron chi connectivity index (χ4n) is 3.08. The molecule has 1 fully saturated rings. The topological polar surface area (TPSA) is 64.3 Å². The zero-order chi connectivity index (χ0) is 14.3. The first-order chi connectivity index (χ1) is 9.15. The van der Waals surface area contributed by atoms with Crippen molar-refractivity contribution in [1.29, 1.82) is 5.26 Å². The number of likely N-dealkylation sites (tertiary alicyclic amines) is 1. The van der Waals surface area contributed by atoms with Crippen molar-refractivity contribution in [3.63, 3.8) is 0 Å². The smallest absolute Gasteiger partial charge is 0.243 e. The predicted octanol–water partition coefficient (Wildman–Crippen LogP) is 2.47. The molecule has 4 heteroatoms. The van der Waals surface area contributed by atoms with Gasteiger partial charge in [-0.1, -0.05) is 26.7 Å². The molecule has 19 heavy (non-hydrogen) atoms. The van der Waals surface area contributed by atoms with E-state index in [9.17, 15) is 15.2 Å². The van der Waals surface area contributed by atoms with Crippen LogP contribution < -0.4 is 0 Å². The lowest BCUT2D eigenvalue weighted by Crippen LogP contribution is -2.51. The number of carbonyl (C=O) groups is 1. The number of aliphatic hydroxyl groups is 1. The molecule has 1 atom stereocenters. The second kappa shape index (κ2) is 7.49. The van der Waals surface area contributed by atoms with Crippen LogP contribution in [0.1, 0.15) is 58.8 Å². The van der Waals surface area contributed by atoms with Crippen molar-refractivity contribution in [3.8, 4) is 6.07 Å². The number of aliphatic hydroxyl groups excluding tert-OH is 1. The van der Waals surface area contributed by atoms with E-state index in [0.29, 0.717) is 19.4 Å². The zero-order valence-electron chi connectivity index (χ0n) is 12.2. The van der Waals surface area contributed by atoms with Gasteiger partial charge in [0.2, 0.25) is 5.91 Å². The molecule has 1 aliphatic heterocycles. The number of piperidine rings is 1. The Labute approximate surface area is 116 Å². The average Bonchev–Trinajstić information content (AvgIpc) is 2.46. The normalized spacial score (nSPS) is 20.1. The Bertz CT molecular complexity index is 330. The van der Waals surface area contributed by atoms with Gasteiger partial charge in [-0.15, -0.1) is 0 Å². The maximum absolute atomic E-state index is 12.8. The number of nitrogens with zero attached hydrogens (tertiary/aromatic N) is 2. The molecule has 1 saturated heterocycles. The lowest BCUT2D eigenvalue weighted by molar-refractivity contribution is -0.144. The lowest BCUT2D eigenvalue weighted by atomic mass is 9.78. The lowest BCUT2D eigenvalue weighted by Gasteiger charge is -2.39. The van der Waals surface area contributed by atoms with Gasteiger partial charge in [0.05, 0.1) is 18.7 Å². The highest BCUT2D eigenvalue weighted by molar-refractivity contribution is 5.85.